The first-order valence-corrected chi connectivity index (χ1v) is 5.29. The lowest BCUT2D eigenvalue weighted by molar-refractivity contribution is 0.869. The highest BCUT2D eigenvalue weighted by Gasteiger charge is 2.03. The van der Waals surface area contributed by atoms with E-state index in [4.69, 9.17) is 0 Å². The molecule has 72 valence electrons. The van der Waals surface area contributed by atoms with Crippen LogP contribution in [0.25, 0.3) is 5.69 Å². The Morgan fingerprint density at radius 3 is 2.93 bits per heavy atom. The van der Waals surface area contributed by atoms with Crippen molar-refractivity contribution < 1.29 is 0 Å². The summed E-state index contributed by atoms with van der Waals surface area (Å²) in [5.41, 5.74) is 2.05. The van der Waals surface area contributed by atoms with Gasteiger partial charge >= 0.3 is 0 Å². The van der Waals surface area contributed by atoms with Gasteiger partial charge in [0.15, 0.2) is 0 Å². The van der Waals surface area contributed by atoms with E-state index < -0.39 is 0 Å². The number of alkyl halides is 1. The molecule has 0 aromatic carbocycles. The van der Waals surface area contributed by atoms with Gasteiger partial charge in [-0.15, -0.1) is 0 Å². The number of nitrogens with zero attached hydrogens (tertiary/aromatic N) is 3. The largest absolute Gasteiger partial charge is 0.260 e. The first-order chi connectivity index (χ1) is 6.77. The van der Waals surface area contributed by atoms with Gasteiger partial charge in [0.05, 0.1) is 16.2 Å². The topological polar surface area (TPSA) is 30.7 Å². The summed E-state index contributed by atoms with van der Waals surface area (Å²) in [4.78, 5) is 4.52. The van der Waals surface area contributed by atoms with E-state index >= 15 is 0 Å². The lowest BCUT2D eigenvalue weighted by atomic mass is 10.2. The lowest BCUT2D eigenvalue weighted by Gasteiger charge is -2.05. The standard InChI is InChI=1S/C10H10BrN3/c1-8(11)10-7-9(3-5-12-10)14-6-2-4-13-14/h2-8H,1H3. The third kappa shape index (κ3) is 1.85. The van der Waals surface area contributed by atoms with Gasteiger partial charge in [-0.05, 0) is 25.1 Å². The summed E-state index contributed by atoms with van der Waals surface area (Å²) in [5, 5.41) is 4.16. The number of hydrogen-bond donors (Lipinski definition) is 0. The highest BCUT2D eigenvalue weighted by molar-refractivity contribution is 9.09. The molecule has 1 unspecified atom stereocenters. The van der Waals surface area contributed by atoms with E-state index in [2.05, 4.69) is 32.9 Å². The molecule has 2 rings (SSSR count). The highest BCUT2D eigenvalue weighted by atomic mass is 79.9. The molecule has 3 nitrogen and oxygen atoms in total. The van der Waals surface area contributed by atoms with Crippen LogP contribution in [0.1, 0.15) is 17.4 Å². The molecular formula is C10H10BrN3. The fourth-order valence-electron chi connectivity index (χ4n) is 1.22. The molecule has 0 bridgehead atoms. The van der Waals surface area contributed by atoms with Crippen molar-refractivity contribution >= 4 is 15.9 Å². The van der Waals surface area contributed by atoms with E-state index in [1.54, 1.807) is 12.4 Å². The van der Waals surface area contributed by atoms with Gasteiger partial charge in [0, 0.05) is 18.6 Å². The van der Waals surface area contributed by atoms with E-state index in [9.17, 15) is 0 Å². The summed E-state index contributed by atoms with van der Waals surface area (Å²) in [7, 11) is 0. The van der Waals surface area contributed by atoms with Crippen LogP contribution in [0.2, 0.25) is 0 Å². The van der Waals surface area contributed by atoms with Gasteiger partial charge in [-0.3, -0.25) is 4.98 Å². The molecule has 0 aliphatic heterocycles. The molecule has 4 heteroatoms. The van der Waals surface area contributed by atoms with Crippen LogP contribution in [0.15, 0.2) is 36.8 Å². The molecule has 14 heavy (non-hydrogen) atoms. The Hall–Kier alpha value is -1.16. The number of hydrogen-bond acceptors (Lipinski definition) is 2. The fourth-order valence-corrected chi connectivity index (χ4v) is 1.47. The summed E-state index contributed by atoms with van der Waals surface area (Å²) < 4.78 is 1.82. The Morgan fingerprint density at radius 1 is 1.43 bits per heavy atom. The van der Waals surface area contributed by atoms with Crippen molar-refractivity contribution in [3.05, 3.63) is 42.5 Å². The second-order valence-corrected chi connectivity index (χ2v) is 4.38. The van der Waals surface area contributed by atoms with Gasteiger partial charge < -0.3 is 0 Å². The third-order valence-corrected chi connectivity index (χ3v) is 2.41. The molecule has 2 aromatic heterocycles. The zero-order valence-electron chi connectivity index (χ0n) is 7.76. The molecule has 0 spiro atoms. The zero-order valence-corrected chi connectivity index (χ0v) is 9.35. The van der Waals surface area contributed by atoms with Crippen molar-refractivity contribution in [2.45, 2.75) is 11.8 Å². The van der Waals surface area contributed by atoms with Crippen LogP contribution in [0.4, 0.5) is 0 Å². The van der Waals surface area contributed by atoms with Crippen molar-refractivity contribution in [1.29, 1.82) is 0 Å². The molecule has 0 radical (unpaired) electrons. The predicted molar refractivity (Wildman–Crippen MR) is 58.7 cm³/mol. The van der Waals surface area contributed by atoms with Crippen LogP contribution < -0.4 is 0 Å². The van der Waals surface area contributed by atoms with Gasteiger partial charge in [-0.25, -0.2) is 4.68 Å². The highest BCUT2D eigenvalue weighted by Crippen LogP contribution is 2.20. The predicted octanol–water partition coefficient (Wildman–Crippen LogP) is 2.72. The second-order valence-electron chi connectivity index (χ2n) is 3.01. The van der Waals surface area contributed by atoms with Crippen molar-refractivity contribution in [3.8, 4) is 5.69 Å². The van der Waals surface area contributed by atoms with Crippen molar-refractivity contribution in [2.75, 3.05) is 0 Å². The summed E-state index contributed by atoms with van der Waals surface area (Å²) >= 11 is 3.49. The molecule has 0 aliphatic rings. The fraction of sp³-hybridized carbons (Fsp3) is 0.200. The monoisotopic (exact) mass is 251 g/mol. The average Bonchev–Trinajstić information content (AvgIpc) is 2.71. The Bertz CT molecular complexity index is 409. The van der Waals surface area contributed by atoms with Crippen LogP contribution >= 0.6 is 15.9 Å². The Balaban J connectivity index is 2.41. The molecule has 0 amide bonds. The van der Waals surface area contributed by atoms with Crippen molar-refractivity contribution in [1.82, 2.24) is 14.8 Å². The van der Waals surface area contributed by atoms with Crippen LogP contribution in [-0.4, -0.2) is 14.8 Å². The SMILES string of the molecule is CC(Br)c1cc(-n2cccn2)ccn1. The maximum atomic E-state index is 4.26. The van der Waals surface area contributed by atoms with Crippen molar-refractivity contribution in [2.24, 2.45) is 0 Å². The summed E-state index contributed by atoms with van der Waals surface area (Å²) in [5.74, 6) is 0. The molecule has 2 aromatic rings. The molecule has 0 aliphatic carbocycles. The van der Waals surface area contributed by atoms with Gasteiger partial charge in [0.1, 0.15) is 0 Å². The minimum absolute atomic E-state index is 0.262. The molecule has 0 fully saturated rings. The normalized spacial score (nSPS) is 12.7. The van der Waals surface area contributed by atoms with Gasteiger partial charge in [-0.2, -0.15) is 5.10 Å². The molecular weight excluding hydrogens is 242 g/mol. The van der Waals surface area contributed by atoms with E-state index in [1.165, 1.54) is 0 Å². The van der Waals surface area contributed by atoms with Gasteiger partial charge in [0.2, 0.25) is 0 Å². The molecule has 0 saturated carbocycles. The smallest absolute Gasteiger partial charge is 0.0679 e. The maximum absolute atomic E-state index is 4.26. The number of halogens is 1. The van der Waals surface area contributed by atoms with E-state index in [0.717, 1.165) is 11.4 Å². The number of pyridine rings is 1. The van der Waals surface area contributed by atoms with Crippen LogP contribution in [-0.2, 0) is 0 Å². The first kappa shape index (κ1) is 9.40. The molecule has 2 heterocycles. The summed E-state index contributed by atoms with van der Waals surface area (Å²) in [6.07, 6.45) is 5.47. The quantitative estimate of drug-likeness (QED) is 0.769. The second kappa shape index (κ2) is 3.92. The molecule has 0 saturated heterocycles. The van der Waals surface area contributed by atoms with Crippen LogP contribution in [0.5, 0.6) is 0 Å². The molecule has 0 N–H and O–H groups in total. The summed E-state index contributed by atoms with van der Waals surface area (Å²) in [6.45, 7) is 2.05. The van der Waals surface area contributed by atoms with E-state index in [-0.39, 0.29) is 4.83 Å². The minimum atomic E-state index is 0.262. The number of rotatable bonds is 2. The lowest BCUT2D eigenvalue weighted by Crippen LogP contribution is -1.97. The Morgan fingerprint density at radius 2 is 2.29 bits per heavy atom. The third-order valence-electron chi connectivity index (χ3n) is 1.94. The maximum Gasteiger partial charge on any atom is 0.0679 e. The average molecular weight is 252 g/mol. The first-order valence-electron chi connectivity index (χ1n) is 4.37. The van der Waals surface area contributed by atoms with E-state index in [0.29, 0.717) is 0 Å². The zero-order chi connectivity index (χ0) is 9.97. The van der Waals surface area contributed by atoms with E-state index in [1.807, 2.05) is 29.1 Å². The Labute approximate surface area is 90.9 Å². The molecule has 1 atom stereocenters. The van der Waals surface area contributed by atoms with Gasteiger partial charge in [0.25, 0.3) is 0 Å². The minimum Gasteiger partial charge on any atom is -0.260 e. The Kier molecular flexibility index (Phi) is 2.63. The number of aromatic nitrogens is 3. The van der Waals surface area contributed by atoms with Crippen LogP contribution in [0, 0.1) is 0 Å². The summed E-state index contributed by atoms with van der Waals surface area (Å²) in [6, 6.07) is 5.86. The van der Waals surface area contributed by atoms with Crippen molar-refractivity contribution in [3.63, 3.8) is 0 Å². The van der Waals surface area contributed by atoms with Crippen LogP contribution in [0.3, 0.4) is 0 Å². The van der Waals surface area contributed by atoms with Gasteiger partial charge in [-0.1, -0.05) is 15.9 Å².